The second-order valence-electron chi connectivity index (χ2n) is 3.62. The van der Waals surface area contributed by atoms with E-state index >= 15 is 0 Å². The largest absolute Gasteiger partial charge is 0.467 e. The van der Waals surface area contributed by atoms with E-state index in [4.69, 9.17) is 13.9 Å². The third-order valence-electron chi connectivity index (χ3n) is 2.38. The third-order valence-corrected chi connectivity index (χ3v) is 2.38. The molecule has 0 bridgehead atoms. The first-order chi connectivity index (χ1) is 9.26. The van der Waals surface area contributed by atoms with E-state index in [1.165, 1.54) is 20.5 Å². The van der Waals surface area contributed by atoms with Gasteiger partial charge in [-0.2, -0.15) is 0 Å². The van der Waals surface area contributed by atoms with E-state index < -0.39 is 0 Å². The van der Waals surface area contributed by atoms with Gasteiger partial charge in [-0.25, -0.2) is 0 Å². The second kappa shape index (κ2) is 5.94. The Morgan fingerprint density at radius 2 is 2.16 bits per heavy atom. The summed E-state index contributed by atoms with van der Waals surface area (Å²) in [7, 11) is 2.96. The SMILES string of the molecule is COC#Cc1coc2cc(OCOC)ccc2c1=O. The van der Waals surface area contributed by atoms with Gasteiger partial charge in [0.25, 0.3) is 0 Å². The molecular formula is C14H12O5. The maximum atomic E-state index is 12.1. The number of ether oxygens (including phenoxy) is 3. The van der Waals surface area contributed by atoms with Gasteiger partial charge in [0.05, 0.1) is 12.5 Å². The van der Waals surface area contributed by atoms with Crippen molar-refractivity contribution in [1.82, 2.24) is 0 Å². The van der Waals surface area contributed by atoms with Crippen molar-refractivity contribution in [2.75, 3.05) is 21.0 Å². The summed E-state index contributed by atoms with van der Waals surface area (Å²) in [5, 5.41) is 0.438. The summed E-state index contributed by atoms with van der Waals surface area (Å²) in [5.41, 5.74) is 0.477. The molecule has 19 heavy (non-hydrogen) atoms. The molecule has 0 radical (unpaired) electrons. The van der Waals surface area contributed by atoms with Crippen molar-refractivity contribution in [3.05, 3.63) is 40.2 Å². The van der Waals surface area contributed by atoms with Crippen LogP contribution in [0, 0.1) is 12.0 Å². The Bertz CT molecular complexity index is 690. The van der Waals surface area contributed by atoms with Crippen molar-refractivity contribution >= 4 is 11.0 Å². The summed E-state index contributed by atoms with van der Waals surface area (Å²) in [6, 6.07) is 4.93. The molecule has 5 heteroatoms. The van der Waals surface area contributed by atoms with E-state index in [2.05, 4.69) is 16.8 Å². The zero-order valence-corrected chi connectivity index (χ0v) is 10.6. The molecule has 2 aromatic rings. The molecule has 1 aromatic heterocycles. The molecule has 0 aliphatic rings. The van der Waals surface area contributed by atoms with Crippen LogP contribution < -0.4 is 10.2 Å². The first-order valence-corrected chi connectivity index (χ1v) is 5.47. The van der Waals surface area contributed by atoms with Crippen LogP contribution in [0.15, 0.2) is 33.7 Å². The number of rotatable bonds is 3. The van der Waals surface area contributed by atoms with Gasteiger partial charge in [0.2, 0.25) is 5.43 Å². The molecule has 5 nitrogen and oxygen atoms in total. The monoisotopic (exact) mass is 260 g/mol. The highest BCUT2D eigenvalue weighted by atomic mass is 16.7. The highest BCUT2D eigenvalue weighted by Gasteiger charge is 2.06. The van der Waals surface area contributed by atoms with E-state index in [9.17, 15) is 4.79 Å². The van der Waals surface area contributed by atoms with Crippen molar-refractivity contribution in [3.63, 3.8) is 0 Å². The third kappa shape index (κ3) is 2.87. The molecule has 0 saturated carbocycles. The molecule has 0 aliphatic carbocycles. The number of benzene rings is 1. The molecule has 0 aliphatic heterocycles. The molecule has 0 fully saturated rings. The van der Waals surface area contributed by atoms with Gasteiger partial charge >= 0.3 is 0 Å². The minimum atomic E-state index is -0.205. The fraction of sp³-hybridized carbons (Fsp3) is 0.214. The quantitative estimate of drug-likeness (QED) is 0.621. The molecule has 0 N–H and O–H groups in total. The summed E-state index contributed by atoms with van der Waals surface area (Å²) in [5.74, 6) is 3.14. The highest BCUT2D eigenvalue weighted by Crippen LogP contribution is 2.19. The van der Waals surface area contributed by atoms with E-state index in [-0.39, 0.29) is 17.8 Å². The first kappa shape index (κ1) is 13.0. The second-order valence-corrected chi connectivity index (χ2v) is 3.62. The number of fused-ring (bicyclic) bond motifs is 1. The maximum absolute atomic E-state index is 12.1. The van der Waals surface area contributed by atoms with Gasteiger partial charge in [-0.3, -0.25) is 4.79 Å². The minimum Gasteiger partial charge on any atom is -0.467 e. The van der Waals surface area contributed by atoms with E-state index in [1.54, 1.807) is 18.2 Å². The number of hydrogen-bond acceptors (Lipinski definition) is 5. The van der Waals surface area contributed by atoms with Crippen LogP contribution in [-0.2, 0) is 9.47 Å². The van der Waals surface area contributed by atoms with Gasteiger partial charge in [-0.05, 0) is 18.1 Å². The average Bonchev–Trinajstić information content (AvgIpc) is 2.44. The van der Waals surface area contributed by atoms with Crippen LogP contribution >= 0.6 is 0 Å². The van der Waals surface area contributed by atoms with Crippen LogP contribution in [0.5, 0.6) is 5.75 Å². The first-order valence-electron chi connectivity index (χ1n) is 5.47. The fourth-order valence-electron chi connectivity index (χ4n) is 1.52. The van der Waals surface area contributed by atoms with Crippen molar-refractivity contribution < 1.29 is 18.6 Å². The van der Waals surface area contributed by atoms with Crippen LogP contribution in [0.2, 0.25) is 0 Å². The predicted octanol–water partition coefficient (Wildman–Crippen LogP) is 1.73. The van der Waals surface area contributed by atoms with Crippen LogP contribution in [0.25, 0.3) is 11.0 Å². The minimum absolute atomic E-state index is 0.132. The zero-order valence-electron chi connectivity index (χ0n) is 10.6. The maximum Gasteiger partial charge on any atom is 0.208 e. The summed E-state index contributed by atoms with van der Waals surface area (Å²) in [4.78, 5) is 12.1. The lowest BCUT2D eigenvalue weighted by molar-refractivity contribution is 0.0512. The van der Waals surface area contributed by atoms with Crippen LogP contribution in [0.3, 0.4) is 0 Å². The number of hydrogen-bond donors (Lipinski definition) is 0. The summed E-state index contributed by atoms with van der Waals surface area (Å²) in [6.07, 6.45) is 3.66. The fourth-order valence-corrected chi connectivity index (χ4v) is 1.52. The van der Waals surface area contributed by atoms with Crippen molar-refractivity contribution in [2.24, 2.45) is 0 Å². The Morgan fingerprint density at radius 1 is 1.32 bits per heavy atom. The summed E-state index contributed by atoms with van der Waals surface area (Å²) < 4.78 is 20.0. The van der Waals surface area contributed by atoms with Crippen LogP contribution in [-0.4, -0.2) is 21.0 Å². The smallest absolute Gasteiger partial charge is 0.208 e. The number of methoxy groups -OCH3 is 2. The van der Waals surface area contributed by atoms with Crippen molar-refractivity contribution in [3.8, 4) is 17.8 Å². The molecule has 0 amide bonds. The molecular weight excluding hydrogens is 248 g/mol. The lowest BCUT2D eigenvalue weighted by atomic mass is 10.2. The topological polar surface area (TPSA) is 57.9 Å². The Labute approximate surface area is 109 Å². The Balaban J connectivity index is 2.45. The Morgan fingerprint density at radius 3 is 2.89 bits per heavy atom. The van der Waals surface area contributed by atoms with Gasteiger partial charge in [-0.1, -0.05) is 0 Å². The highest BCUT2D eigenvalue weighted by molar-refractivity contribution is 5.79. The van der Waals surface area contributed by atoms with Crippen molar-refractivity contribution in [2.45, 2.75) is 0 Å². The van der Waals surface area contributed by atoms with Crippen LogP contribution in [0.1, 0.15) is 5.56 Å². The van der Waals surface area contributed by atoms with Crippen LogP contribution in [0.4, 0.5) is 0 Å². The van der Waals surface area contributed by atoms with E-state index in [0.29, 0.717) is 16.7 Å². The van der Waals surface area contributed by atoms with Gasteiger partial charge in [-0.15, -0.1) is 0 Å². The lowest BCUT2D eigenvalue weighted by Crippen LogP contribution is -2.06. The Kier molecular flexibility index (Phi) is 4.06. The standard InChI is InChI=1S/C14H12O5/c1-16-6-5-10-8-18-13-7-11(19-9-17-2)3-4-12(13)14(10)15/h3-4,7-8H,9H2,1-2H3. The summed E-state index contributed by atoms with van der Waals surface area (Å²) >= 11 is 0. The van der Waals surface area contributed by atoms with Gasteiger partial charge in [0.1, 0.15) is 29.3 Å². The molecule has 2 rings (SSSR count). The molecule has 0 spiro atoms. The molecule has 1 aromatic carbocycles. The van der Waals surface area contributed by atoms with E-state index in [0.717, 1.165) is 0 Å². The lowest BCUT2D eigenvalue weighted by Gasteiger charge is -2.05. The summed E-state index contributed by atoms with van der Waals surface area (Å²) in [6.45, 7) is 0.132. The Hall–Kier alpha value is -2.45. The molecule has 0 unspecified atom stereocenters. The normalized spacial score (nSPS) is 9.79. The molecule has 0 atom stereocenters. The molecule has 98 valence electrons. The predicted molar refractivity (Wildman–Crippen MR) is 68.9 cm³/mol. The van der Waals surface area contributed by atoms with Crippen molar-refractivity contribution in [1.29, 1.82) is 0 Å². The molecule has 1 heterocycles. The van der Waals surface area contributed by atoms with Gasteiger partial charge in [0, 0.05) is 13.2 Å². The van der Waals surface area contributed by atoms with Gasteiger partial charge < -0.3 is 18.6 Å². The molecule has 0 saturated heterocycles. The van der Waals surface area contributed by atoms with Gasteiger partial charge in [0.15, 0.2) is 6.79 Å². The van der Waals surface area contributed by atoms with E-state index in [1.807, 2.05) is 0 Å². The zero-order chi connectivity index (χ0) is 13.7. The average molecular weight is 260 g/mol.